The minimum atomic E-state index is 0.0789. The monoisotopic (exact) mass is 317 g/mol. The molecule has 94 valence electrons. The van der Waals surface area contributed by atoms with Gasteiger partial charge in [0.2, 0.25) is 5.91 Å². The highest BCUT2D eigenvalue weighted by Crippen LogP contribution is 2.11. The van der Waals surface area contributed by atoms with Crippen LogP contribution in [0.1, 0.15) is 25.3 Å². The second-order valence-corrected chi connectivity index (χ2v) is 5.39. The molecule has 1 rings (SSSR count). The first-order valence-corrected chi connectivity index (χ1v) is 7.04. The van der Waals surface area contributed by atoms with E-state index in [1.807, 2.05) is 19.1 Å². The topological polar surface area (TPSA) is 29.1 Å². The van der Waals surface area contributed by atoms with Crippen molar-refractivity contribution in [2.45, 2.75) is 32.2 Å². The van der Waals surface area contributed by atoms with Crippen LogP contribution in [0.25, 0.3) is 0 Å². The Balaban J connectivity index is 2.36. The van der Waals surface area contributed by atoms with Gasteiger partial charge in [0.25, 0.3) is 0 Å². The summed E-state index contributed by atoms with van der Waals surface area (Å²) in [5.74, 6) is 0.615. The van der Waals surface area contributed by atoms with E-state index in [-0.39, 0.29) is 11.9 Å². The molecule has 1 aromatic rings. The van der Waals surface area contributed by atoms with Gasteiger partial charge in [-0.2, -0.15) is 0 Å². The minimum absolute atomic E-state index is 0.0789. The number of rotatable bonds is 6. The molecule has 0 aliphatic carbocycles. The van der Waals surface area contributed by atoms with Crippen LogP contribution in [0.5, 0.6) is 0 Å². The van der Waals surface area contributed by atoms with E-state index in [1.165, 1.54) is 5.56 Å². The molecule has 1 atom stereocenters. The summed E-state index contributed by atoms with van der Waals surface area (Å²) in [5.41, 5.74) is 1.22. The number of carbonyl (C=O) groups excluding carboxylic acids is 1. The molecule has 4 heteroatoms. The van der Waals surface area contributed by atoms with Crippen LogP contribution < -0.4 is 5.32 Å². The number of amides is 1. The van der Waals surface area contributed by atoms with Gasteiger partial charge in [-0.15, -0.1) is 11.6 Å². The molecule has 0 aliphatic heterocycles. The summed E-state index contributed by atoms with van der Waals surface area (Å²) < 4.78 is 1.07. The van der Waals surface area contributed by atoms with Crippen molar-refractivity contribution in [2.75, 3.05) is 5.88 Å². The Morgan fingerprint density at radius 3 is 2.65 bits per heavy atom. The number of hydrogen-bond donors (Lipinski definition) is 1. The minimum Gasteiger partial charge on any atom is -0.353 e. The van der Waals surface area contributed by atoms with Crippen molar-refractivity contribution in [3.05, 3.63) is 34.3 Å². The number of halogens is 2. The average molecular weight is 319 g/mol. The van der Waals surface area contributed by atoms with E-state index in [2.05, 4.69) is 33.4 Å². The van der Waals surface area contributed by atoms with Crippen molar-refractivity contribution in [1.29, 1.82) is 0 Å². The summed E-state index contributed by atoms with van der Waals surface area (Å²) in [5, 5.41) is 2.97. The number of alkyl halides is 1. The van der Waals surface area contributed by atoms with E-state index in [4.69, 9.17) is 11.6 Å². The van der Waals surface area contributed by atoms with Crippen molar-refractivity contribution in [2.24, 2.45) is 0 Å². The molecule has 1 N–H and O–H groups in total. The quantitative estimate of drug-likeness (QED) is 0.799. The lowest BCUT2D eigenvalue weighted by Gasteiger charge is -2.13. The van der Waals surface area contributed by atoms with Crippen LogP contribution in [0.3, 0.4) is 0 Å². The fourth-order valence-corrected chi connectivity index (χ4v) is 2.00. The molecule has 0 saturated heterocycles. The van der Waals surface area contributed by atoms with Crippen LogP contribution in [0.4, 0.5) is 0 Å². The standard InChI is InChI=1S/C13H17BrClNO/c1-10(16-13(17)3-2-8-15)9-11-4-6-12(14)7-5-11/h4-7,10H,2-3,8-9H2,1H3,(H,16,17). The fraction of sp³-hybridized carbons (Fsp3) is 0.462. The fourth-order valence-electron chi connectivity index (χ4n) is 1.60. The highest BCUT2D eigenvalue weighted by atomic mass is 79.9. The molecule has 1 aromatic carbocycles. The van der Waals surface area contributed by atoms with E-state index < -0.39 is 0 Å². The van der Waals surface area contributed by atoms with E-state index in [0.29, 0.717) is 12.3 Å². The molecular formula is C13H17BrClNO. The second kappa shape index (κ2) is 7.72. The molecule has 0 bridgehead atoms. The Morgan fingerprint density at radius 1 is 1.41 bits per heavy atom. The molecule has 1 amide bonds. The van der Waals surface area contributed by atoms with Crippen molar-refractivity contribution in [3.63, 3.8) is 0 Å². The van der Waals surface area contributed by atoms with Gasteiger partial charge < -0.3 is 5.32 Å². The van der Waals surface area contributed by atoms with Crippen LogP contribution in [-0.2, 0) is 11.2 Å². The Bertz CT molecular complexity index is 353. The Hall–Kier alpha value is -0.540. The van der Waals surface area contributed by atoms with Crippen LogP contribution in [-0.4, -0.2) is 17.8 Å². The highest BCUT2D eigenvalue weighted by molar-refractivity contribution is 9.10. The molecule has 0 radical (unpaired) electrons. The Morgan fingerprint density at radius 2 is 2.06 bits per heavy atom. The van der Waals surface area contributed by atoms with Crippen molar-refractivity contribution < 1.29 is 4.79 Å². The normalized spacial score (nSPS) is 12.2. The van der Waals surface area contributed by atoms with Gasteiger partial charge in [0.15, 0.2) is 0 Å². The summed E-state index contributed by atoms with van der Waals surface area (Å²) in [6.45, 7) is 2.01. The number of carbonyl (C=O) groups is 1. The molecule has 17 heavy (non-hydrogen) atoms. The number of hydrogen-bond acceptors (Lipinski definition) is 1. The highest BCUT2D eigenvalue weighted by Gasteiger charge is 2.07. The molecule has 0 aliphatic rings. The first-order valence-electron chi connectivity index (χ1n) is 5.71. The number of benzene rings is 1. The first kappa shape index (κ1) is 14.5. The third kappa shape index (κ3) is 6.08. The van der Waals surface area contributed by atoms with Gasteiger partial charge in [-0.1, -0.05) is 28.1 Å². The summed E-state index contributed by atoms with van der Waals surface area (Å²) in [4.78, 5) is 11.5. The SMILES string of the molecule is CC(Cc1ccc(Br)cc1)NC(=O)CCCCl. The molecule has 1 unspecified atom stereocenters. The van der Waals surface area contributed by atoms with Crippen molar-refractivity contribution >= 4 is 33.4 Å². The van der Waals surface area contributed by atoms with Crippen molar-refractivity contribution in [3.8, 4) is 0 Å². The largest absolute Gasteiger partial charge is 0.353 e. The molecule has 0 aromatic heterocycles. The van der Waals surface area contributed by atoms with E-state index in [9.17, 15) is 4.79 Å². The van der Waals surface area contributed by atoms with E-state index >= 15 is 0 Å². The summed E-state index contributed by atoms with van der Waals surface area (Å²) in [6, 6.07) is 8.30. The van der Waals surface area contributed by atoms with Crippen LogP contribution in [0.2, 0.25) is 0 Å². The van der Waals surface area contributed by atoms with Crippen LogP contribution in [0, 0.1) is 0 Å². The maximum atomic E-state index is 11.5. The Kier molecular flexibility index (Phi) is 6.60. The summed E-state index contributed by atoms with van der Waals surface area (Å²) in [6.07, 6.45) is 2.09. The lowest BCUT2D eigenvalue weighted by molar-refractivity contribution is -0.121. The van der Waals surface area contributed by atoms with E-state index in [1.54, 1.807) is 0 Å². The second-order valence-electron chi connectivity index (χ2n) is 4.09. The van der Waals surface area contributed by atoms with Gasteiger partial charge >= 0.3 is 0 Å². The van der Waals surface area contributed by atoms with Gasteiger partial charge in [-0.05, 0) is 37.5 Å². The van der Waals surface area contributed by atoms with Gasteiger partial charge in [0.1, 0.15) is 0 Å². The maximum absolute atomic E-state index is 11.5. The molecule has 0 saturated carbocycles. The summed E-state index contributed by atoms with van der Waals surface area (Å²) >= 11 is 8.94. The zero-order chi connectivity index (χ0) is 12.7. The third-order valence-electron chi connectivity index (χ3n) is 2.40. The zero-order valence-electron chi connectivity index (χ0n) is 9.88. The van der Waals surface area contributed by atoms with Gasteiger partial charge in [0, 0.05) is 22.8 Å². The van der Waals surface area contributed by atoms with Crippen LogP contribution in [0.15, 0.2) is 28.7 Å². The average Bonchev–Trinajstić information content (AvgIpc) is 2.29. The van der Waals surface area contributed by atoms with Gasteiger partial charge in [0.05, 0.1) is 0 Å². The van der Waals surface area contributed by atoms with Crippen LogP contribution >= 0.6 is 27.5 Å². The summed E-state index contributed by atoms with van der Waals surface area (Å²) in [7, 11) is 0. The molecule has 0 fully saturated rings. The predicted octanol–water partition coefficient (Wildman–Crippen LogP) is 3.52. The smallest absolute Gasteiger partial charge is 0.220 e. The zero-order valence-corrected chi connectivity index (χ0v) is 12.2. The first-order chi connectivity index (χ1) is 8.11. The van der Waals surface area contributed by atoms with Gasteiger partial charge in [-0.3, -0.25) is 4.79 Å². The molecule has 0 heterocycles. The van der Waals surface area contributed by atoms with E-state index in [0.717, 1.165) is 17.3 Å². The molecule has 2 nitrogen and oxygen atoms in total. The maximum Gasteiger partial charge on any atom is 0.220 e. The molecular weight excluding hydrogens is 302 g/mol. The lowest BCUT2D eigenvalue weighted by atomic mass is 10.1. The van der Waals surface area contributed by atoms with Gasteiger partial charge in [-0.25, -0.2) is 0 Å². The molecule has 0 spiro atoms. The number of nitrogens with one attached hydrogen (secondary N) is 1. The third-order valence-corrected chi connectivity index (χ3v) is 3.20. The lowest BCUT2D eigenvalue weighted by Crippen LogP contribution is -2.33. The van der Waals surface area contributed by atoms with Crippen molar-refractivity contribution in [1.82, 2.24) is 5.32 Å². The predicted molar refractivity (Wildman–Crippen MR) is 75.4 cm³/mol. The Labute approximate surface area is 116 Å².